The van der Waals surface area contributed by atoms with Gasteiger partial charge in [0.1, 0.15) is 11.4 Å². The molecule has 8 nitrogen and oxygen atoms in total. The molecule has 11 heteroatoms. The molecule has 6 bridgehead atoms. The van der Waals surface area contributed by atoms with Crippen LogP contribution in [0.25, 0.3) is 32.8 Å². The number of carbonyl (C=O) groups is 1. The van der Waals surface area contributed by atoms with Crippen LogP contribution in [0.4, 0.5) is 0 Å². The van der Waals surface area contributed by atoms with Gasteiger partial charge in [-0.05, 0) is 55.0 Å². The van der Waals surface area contributed by atoms with Gasteiger partial charge in [0.05, 0.1) is 29.9 Å². The number of aromatic nitrogens is 3. The maximum atomic E-state index is 13.3. The Morgan fingerprint density at radius 3 is 2.68 bits per heavy atom. The van der Waals surface area contributed by atoms with E-state index in [0.29, 0.717) is 47.4 Å². The lowest BCUT2D eigenvalue weighted by Gasteiger charge is -2.13. The van der Waals surface area contributed by atoms with Crippen LogP contribution < -0.4 is 10.5 Å². The highest BCUT2D eigenvalue weighted by Gasteiger charge is 2.27. The van der Waals surface area contributed by atoms with Crippen LogP contribution >= 0.6 is 35.1 Å². The number of ether oxygens (including phenoxy) is 2. The number of rotatable bonds is 1. The van der Waals surface area contributed by atoms with Gasteiger partial charge in [-0.1, -0.05) is 41.9 Å². The summed E-state index contributed by atoms with van der Waals surface area (Å²) in [5, 5.41) is 8.62. The zero-order chi connectivity index (χ0) is 33.2. The van der Waals surface area contributed by atoms with E-state index in [9.17, 15) is 4.79 Å². The molecule has 2 aromatic heterocycles. The Hall–Kier alpha value is -3.86. The third kappa shape index (κ3) is 6.51. The number of benzene rings is 3. The van der Waals surface area contributed by atoms with Gasteiger partial charge in [-0.2, -0.15) is 5.10 Å². The first-order valence-corrected chi connectivity index (χ1v) is 17.9. The van der Waals surface area contributed by atoms with Crippen molar-refractivity contribution in [3.63, 3.8) is 0 Å². The van der Waals surface area contributed by atoms with E-state index in [1.54, 1.807) is 30.6 Å². The van der Waals surface area contributed by atoms with Crippen molar-refractivity contribution in [1.29, 1.82) is 0 Å². The molecule has 6 rings (SSSR count). The maximum Gasteiger partial charge on any atom is 0.354 e. The standard InChI is InChI=1S/C36H38ClN5O3S2/c1-21-32-30(40-42(21)4)20-46-18-23(38)16-24(39-2)19-47-25-15-22-9-6-7-10-26(22)31(17-25)45-14-8-11-27-28-12-13-29(37)33(32)34(28)41(3)35(27)36(43)44-5/h6-7,9-10,12-13,15-17H,8,11,14,18-20,38H2,1-5H3. The van der Waals surface area contributed by atoms with Gasteiger partial charge in [-0.25, -0.2) is 4.79 Å². The first-order valence-electron chi connectivity index (χ1n) is 15.4. The van der Waals surface area contributed by atoms with E-state index in [1.807, 2.05) is 60.6 Å². The first kappa shape index (κ1) is 33.1. The summed E-state index contributed by atoms with van der Waals surface area (Å²) in [4.78, 5) is 18.9. The van der Waals surface area contributed by atoms with Crippen molar-refractivity contribution in [2.45, 2.75) is 30.4 Å². The molecule has 47 heavy (non-hydrogen) atoms. The molecular weight excluding hydrogens is 650 g/mol. The molecule has 0 aliphatic carbocycles. The second-order valence-corrected chi connectivity index (χ2v) is 14.0. The van der Waals surface area contributed by atoms with E-state index < -0.39 is 0 Å². The fourth-order valence-corrected chi connectivity index (χ4v) is 8.27. The molecule has 0 radical (unpaired) electrons. The summed E-state index contributed by atoms with van der Waals surface area (Å²) in [6, 6.07) is 16.5. The summed E-state index contributed by atoms with van der Waals surface area (Å²) in [5.74, 6) is 2.37. The third-order valence-corrected chi connectivity index (χ3v) is 10.9. The molecule has 0 spiro atoms. The minimum atomic E-state index is -0.386. The molecule has 3 heterocycles. The lowest BCUT2D eigenvalue weighted by Crippen LogP contribution is -2.11. The predicted molar refractivity (Wildman–Crippen MR) is 196 cm³/mol. The summed E-state index contributed by atoms with van der Waals surface area (Å²) < 4.78 is 15.6. The normalized spacial score (nSPS) is 15.7. The molecular formula is C36H38ClN5O3S2. The Kier molecular flexibility index (Phi) is 9.91. The van der Waals surface area contributed by atoms with E-state index in [1.165, 1.54) is 7.11 Å². The first-order chi connectivity index (χ1) is 22.7. The van der Waals surface area contributed by atoms with Crippen molar-refractivity contribution < 1.29 is 14.3 Å². The lowest BCUT2D eigenvalue weighted by atomic mass is 9.98. The van der Waals surface area contributed by atoms with E-state index >= 15 is 0 Å². The van der Waals surface area contributed by atoms with Crippen LogP contribution in [-0.4, -0.2) is 58.3 Å². The highest BCUT2D eigenvalue weighted by molar-refractivity contribution is 8.00. The quantitative estimate of drug-likeness (QED) is 0.180. The number of halogens is 1. The molecule has 3 aromatic carbocycles. The number of carbonyl (C=O) groups excluding carboxylic acids is 1. The molecule has 244 valence electrons. The van der Waals surface area contributed by atoms with E-state index in [0.717, 1.165) is 71.8 Å². The van der Waals surface area contributed by atoms with Crippen LogP contribution in [0.1, 0.15) is 33.9 Å². The molecule has 2 N–H and O–H groups in total. The summed E-state index contributed by atoms with van der Waals surface area (Å²) in [5.41, 5.74) is 14.2. The number of nitrogens with two attached hydrogens (primary N) is 1. The van der Waals surface area contributed by atoms with Crippen molar-refractivity contribution >= 4 is 68.5 Å². The second-order valence-electron chi connectivity index (χ2n) is 11.5. The lowest BCUT2D eigenvalue weighted by molar-refractivity contribution is 0.0589. The minimum Gasteiger partial charge on any atom is -0.493 e. The molecule has 0 atom stereocenters. The Bertz CT molecular complexity index is 2060. The number of hydrogen-bond acceptors (Lipinski definition) is 8. The number of aliphatic imine (C=N–C) groups is 1. The molecule has 0 fully saturated rings. The summed E-state index contributed by atoms with van der Waals surface area (Å²) >= 11 is 10.4. The Balaban J connectivity index is 1.49. The van der Waals surface area contributed by atoms with E-state index in [-0.39, 0.29) is 5.97 Å². The number of aryl methyl sites for hydroxylation is 3. The summed E-state index contributed by atoms with van der Waals surface area (Å²) in [6.45, 7) is 2.52. The average molecular weight is 688 g/mol. The highest BCUT2D eigenvalue weighted by atomic mass is 35.5. The summed E-state index contributed by atoms with van der Waals surface area (Å²) in [7, 11) is 7.06. The van der Waals surface area contributed by atoms with E-state index in [4.69, 9.17) is 31.9 Å². The fourth-order valence-electron chi connectivity index (χ4n) is 6.28. The molecule has 5 aromatic rings. The zero-order valence-electron chi connectivity index (χ0n) is 27.2. The van der Waals surface area contributed by atoms with Crippen molar-refractivity contribution in [2.24, 2.45) is 24.8 Å². The molecule has 0 unspecified atom stereocenters. The smallest absolute Gasteiger partial charge is 0.354 e. The van der Waals surface area contributed by atoms with Crippen molar-refractivity contribution in [2.75, 3.05) is 32.3 Å². The third-order valence-electron chi connectivity index (χ3n) is 8.60. The molecule has 1 aliphatic rings. The van der Waals surface area contributed by atoms with Gasteiger partial charge in [0, 0.05) is 82.3 Å². The van der Waals surface area contributed by atoms with Gasteiger partial charge in [0.25, 0.3) is 0 Å². The minimum absolute atomic E-state index is 0.386. The van der Waals surface area contributed by atoms with Gasteiger partial charge in [0.15, 0.2) is 0 Å². The van der Waals surface area contributed by atoms with Gasteiger partial charge in [-0.3, -0.25) is 9.67 Å². The molecule has 0 saturated heterocycles. The second kappa shape index (κ2) is 14.1. The maximum absolute atomic E-state index is 13.3. The van der Waals surface area contributed by atoms with Crippen LogP contribution in [0.15, 0.2) is 70.2 Å². The summed E-state index contributed by atoms with van der Waals surface area (Å²) in [6.07, 6.45) is 3.28. The molecule has 0 amide bonds. The van der Waals surface area contributed by atoms with E-state index in [2.05, 4.69) is 29.3 Å². The Morgan fingerprint density at radius 1 is 1.09 bits per heavy atom. The van der Waals surface area contributed by atoms with Gasteiger partial charge in [0.2, 0.25) is 0 Å². The average Bonchev–Trinajstić information content (AvgIpc) is 3.51. The molecule has 0 saturated carbocycles. The highest BCUT2D eigenvalue weighted by Crippen LogP contribution is 2.43. The SMILES string of the molecule is CN=C1C=C(N)CSCc2nn(C)c(C)c2-c2c(Cl)ccc3c(c(C(=O)OC)n(C)c23)CCCOc2cc(cc3ccccc23)SC1. The van der Waals surface area contributed by atoms with Gasteiger partial charge in [-0.15, -0.1) is 23.5 Å². The number of hydrogen-bond donors (Lipinski definition) is 1. The van der Waals surface area contributed by atoms with Crippen molar-refractivity contribution in [3.8, 4) is 16.9 Å². The van der Waals surface area contributed by atoms with Gasteiger partial charge < -0.3 is 19.8 Å². The number of fused-ring (bicyclic) bond motifs is 6. The number of allylic oxidation sites excluding steroid dienone is 1. The predicted octanol–water partition coefficient (Wildman–Crippen LogP) is 7.74. The van der Waals surface area contributed by atoms with Crippen LogP contribution in [0, 0.1) is 6.92 Å². The number of methoxy groups -OCH3 is 1. The van der Waals surface area contributed by atoms with Gasteiger partial charge >= 0.3 is 5.97 Å². The Labute approximate surface area is 288 Å². The number of nitrogens with zero attached hydrogens (tertiary/aromatic N) is 4. The number of thioether (sulfide) groups is 2. The number of esters is 1. The van der Waals surface area contributed by atoms with Crippen LogP contribution in [-0.2, 0) is 31.0 Å². The zero-order valence-corrected chi connectivity index (χ0v) is 29.6. The Morgan fingerprint density at radius 2 is 1.89 bits per heavy atom. The van der Waals surface area contributed by atoms with Crippen LogP contribution in [0.2, 0.25) is 5.02 Å². The van der Waals surface area contributed by atoms with Crippen molar-refractivity contribution in [1.82, 2.24) is 14.3 Å². The topological polar surface area (TPSA) is 96.7 Å². The fraction of sp³-hybridized carbons (Fsp3) is 0.306. The molecule has 1 aliphatic heterocycles. The van der Waals surface area contributed by atoms with Crippen LogP contribution in [0.3, 0.4) is 0 Å². The largest absolute Gasteiger partial charge is 0.493 e. The van der Waals surface area contributed by atoms with Crippen LogP contribution in [0.5, 0.6) is 5.75 Å². The monoisotopic (exact) mass is 687 g/mol. The van der Waals surface area contributed by atoms with Crippen molar-refractivity contribution in [3.05, 3.63) is 88.0 Å².